The Hall–Kier alpha value is -1.80. The first-order valence-corrected chi connectivity index (χ1v) is 11.8. The van der Waals surface area contributed by atoms with Crippen LogP contribution in [0.2, 0.25) is 0 Å². The van der Waals surface area contributed by atoms with E-state index in [2.05, 4.69) is 15.5 Å². The summed E-state index contributed by atoms with van der Waals surface area (Å²) in [5.74, 6) is 0.602. The lowest BCUT2D eigenvalue weighted by Crippen LogP contribution is -2.12. The Kier molecular flexibility index (Phi) is 6.59. The lowest BCUT2D eigenvalue weighted by atomic mass is 10.0. The van der Waals surface area contributed by atoms with Crippen molar-refractivity contribution in [2.75, 3.05) is 11.1 Å². The normalized spacial score (nSPS) is 15.1. The SMILES string of the molecule is Cc1ccc(S(=O)(=O)CCc2nnc(NC(=O)CCC3CCCC3)s2)cc1. The first-order valence-electron chi connectivity index (χ1n) is 9.34. The van der Waals surface area contributed by atoms with Gasteiger partial charge in [-0.3, -0.25) is 4.79 Å². The molecular weight excluding hydrogens is 382 g/mol. The van der Waals surface area contributed by atoms with Crippen LogP contribution < -0.4 is 5.32 Å². The van der Waals surface area contributed by atoms with Crippen LogP contribution in [0.3, 0.4) is 0 Å². The standard InChI is InChI=1S/C19H25N3O3S2/c1-14-6-9-16(10-7-14)27(24,25)13-12-18-21-22-19(26-18)20-17(23)11-8-15-4-2-3-5-15/h6-7,9-10,15H,2-5,8,11-13H2,1H3,(H,20,22,23). The zero-order chi connectivity index (χ0) is 19.3. The summed E-state index contributed by atoms with van der Waals surface area (Å²) in [6, 6.07) is 6.83. The minimum atomic E-state index is -3.36. The summed E-state index contributed by atoms with van der Waals surface area (Å²) in [4.78, 5) is 12.4. The van der Waals surface area contributed by atoms with Crippen LogP contribution in [0.15, 0.2) is 29.2 Å². The van der Waals surface area contributed by atoms with Crippen molar-refractivity contribution in [1.82, 2.24) is 10.2 Å². The van der Waals surface area contributed by atoms with Crippen LogP contribution in [0.25, 0.3) is 0 Å². The minimum Gasteiger partial charge on any atom is -0.301 e. The Morgan fingerprint density at radius 2 is 1.89 bits per heavy atom. The van der Waals surface area contributed by atoms with Crippen molar-refractivity contribution in [1.29, 1.82) is 0 Å². The molecule has 146 valence electrons. The maximum atomic E-state index is 12.4. The van der Waals surface area contributed by atoms with Crippen LogP contribution in [-0.4, -0.2) is 30.3 Å². The molecule has 0 radical (unpaired) electrons. The number of benzene rings is 1. The van der Waals surface area contributed by atoms with E-state index >= 15 is 0 Å². The Morgan fingerprint density at radius 3 is 2.59 bits per heavy atom. The van der Waals surface area contributed by atoms with Gasteiger partial charge in [-0.2, -0.15) is 0 Å². The molecule has 1 aliphatic carbocycles. The highest BCUT2D eigenvalue weighted by Crippen LogP contribution is 2.28. The summed E-state index contributed by atoms with van der Waals surface area (Å²) in [5.41, 5.74) is 1.02. The molecule has 8 heteroatoms. The Labute approximate surface area is 164 Å². The van der Waals surface area contributed by atoms with Crippen molar-refractivity contribution in [2.24, 2.45) is 5.92 Å². The molecule has 2 aromatic rings. The molecule has 1 aliphatic rings. The maximum absolute atomic E-state index is 12.4. The van der Waals surface area contributed by atoms with Crippen molar-refractivity contribution in [2.45, 2.75) is 56.8 Å². The predicted octanol–water partition coefficient (Wildman–Crippen LogP) is 3.77. The third-order valence-corrected chi connectivity index (χ3v) is 7.56. The number of carbonyl (C=O) groups is 1. The average molecular weight is 408 g/mol. The highest BCUT2D eigenvalue weighted by atomic mass is 32.2. The van der Waals surface area contributed by atoms with Gasteiger partial charge < -0.3 is 5.32 Å². The topological polar surface area (TPSA) is 89.0 Å². The van der Waals surface area contributed by atoms with Gasteiger partial charge in [-0.15, -0.1) is 10.2 Å². The Morgan fingerprint density at radius 1 is 1.19 bits per heavy atom. The number of hydrogen-bond acceptors (Lipinski definition) is 6. The lowest BCUT2D eigenvalue weighted by Gasteiger charge is -2.07. The van der Waals surface area contributed by atoms with E-state index in [4.69, 9.17) is 0 Å². The second-order valence-electron chi connectivity index (χ2n) is 7.12. The van der Waals surface area contributed by atoms with Gasteiger partial charge in [-0.1, -0.05) is 54.7 Å². The summed E-state index contributed by atoms with van der Waals surface area (Å²) in [6.07, 6.45) is 6.71. The fourth-order valence-electron chi connectivity index (χ4n) is 3.31. The molecule has 0 aliphatic heterocycles. The summed E-state index contributed by atoms with van der Waals surface area (Å²) in [7, 11) is -3.36. The molecule has 0 saturated heterocycles. The van der Waals surface area contributed by atoms with Crippen LogP contribution in [0.4, 0.5) is 5.13 Å². The van der Waals surface area contributed by atoms with Crippen LogP contribution in [-0.2, 0) is 21.1 Å². The number of nitrogens with zero attached hydrogens (tertiary/aromatic N) is 2. The zero-order valence-corrected chi connectivity index (χ0v) is 17.1. The van der Waals surface area contributed by atoms with Gasteiger partial charge in [0.15, 0.2) is 9.84 Å². The average Bonchev–Trinajstić information content (AvgIpc) is 3.30. The third-order valence-electron chi connectivity index (χ3n) is 4.93. The summed E-state index contributed by atoms with van der Waals surface area (Å²) < 4.78 is 24.8. The number of hydrogen-bond donors (Lipinski definition) is 1. The highest BCUT2D eigenvalue weighted by Gasteiger charge is 2.18. The maximum Gasteiger partial charge on any atom is 0.226 e. The van der Waals surface area contributed by atoms with E-state index in [1.54, 1.807) is 24.3 Å². The van der Waals surface area contributed by atoms with Gasteiger partial charge in [0.25, 0.3) is 0 Å². The molecule has 1 heterocycles. The van der Waals surface area contributed by atoms with Crippen molar-refractivity contribution >= 4 is 32.2 Å². The van der Waals surface area contributed by atoms with Crippen molar-refractivity contribution in [3.63, 3.8) is 0 Å². The number of anilines is 1. The number of amides is 1. The van der Waals surface area contributed by atoms with E-state index in [9.17, 15) is 13.2 Å². The van der Waals surface area contributed by atoms with Crippen molar-refractivity contribution in [3.8, 4) is 0 Å². The van der Waals surface area contributed by atoms with E-state index in [1.807, 2.05) is 6.92 Å². The van der Waals surface area contributed by atoms with Crippen molar-refractivity contribution in [3.05, 3.63) is 34.8 Å². The number of sulfone groups is 1. The van der Waals surface area contributed by atoms with E-state index in [-0.39, 0.29) is 18.1 Å². The van der Waals surface area contributed by atoms with Gasteiger partial charge in [-0.05, 0) is 31.4 Å². The van der Waals surface area contributed by atoms with Gasteiger partial charge in [0, 0.05) is 12.8 Å². The zero-order valence-electron chi connectivity index (χ0n) is 15.5. The quantitative estimate of drug-likeness (QED) is 0.719. The third kappa shape index (κ3) is 5.84. The predicted molar refractivity (Wildman–Crippen MR) is 107 cm³/mol. The number of aromatic nitrogens is 2. The molecule has 1 amide bonds. The molecule has 6 nitrogen and oxygen atoms in total. The van der Waals surface area contributed by atoms with Crippen LogP contribution in [0.1, 0.15) is 49.1 Å². The van der Waals surface area contributed by atoms with E-state index in [0.717, 1.165) is 12.0 Å². The smallest absolute Gasteiger partial charge is 0.226 e. The molecule has 1 aromatic heterocycles. The van der Waals surface area contributed by atoms with E-state index in [1.165, 1.54) is 37.0 Å². The Balaban J connectivity index is 1.48. The summed E-state index contributed by atoms with van der Waals surface area (Å²) >= 11 is 1.24. The number of carbonyl (C=O) groups excluding carboxylic acids is 1. The lowest BCUT2D eigenvalue weighted by molar-refractivity contribution is -0.116. The van der Waals surface area contributed by atoms with Gasteiger partial charge in [0.05, 0.1) is 10.6 Å². The van der Waals surface area contributed by atoms with E-state index < -0.39 is 9.84 Å². The van der Waals surface area contributed by atoms with Crippen molar-refractivity contribution < 1.29 is 13.2 Å². The number of rotatable bonds is 8. The molecule has 1 saturated carbocycles. The molecule has 0 atom stereocenters. The molecule has 0 unspecified atom stereocenters. The minimum absolute atomic E-state index is 0.0275. The van der Waals surface area contributed by atoms with Crippen LogP contribution in [0.5, 0.6) is 0 Å². The molecule has 1 N–H and O–H groups in total. The summed E-state index contributed by atoms with van der Waals surface area (Å²) in [5, 5.41) is 11.8. The van der Waals surface area contributed by atoms with Gasteiger partial charge in [-0.25, -0.2) is 8.42 Å². The first-order chi connectivity index (χ1) is 12.9. The molecule has 1 fully saturated rings. The molecule has 3 rings (SSSR count). The second-order valence-corrected chi connectivity index (χ2v) is 10.3. The first kappa shape index (κ1) is 19.9. The molecule has 27 heavy (non-hydrogen) atoms. The monoisotopic (exact) mass is 407 g/mol. The highest BCUT2D eigenvalue weighted by molar-refractivity contribution is 7.91. The molecular formula is C19H25N3O3S2. The second kappa shape index (κ2) is 8.93. The molecule has 1 aromatic carbocycles. The van der Waals surface area contributed by atoms with Crippen LogP contribution >= 0.6 is 11.3 Å². The molecule has 0 spiro atoms. The number of nitrogens with one attached hydrogen (secondary N) is 1. The van der Waals surface area contributed by atoms with Crippen LogP contribution in [0, 0.1) is 12.8 Å². The van der Waals surface area contributed by atoms with Gasteiger partial charge >= 0.3 is 0 Å². The van der Waals surface area contributed by atoms with E-state index in [0.29, 0.717) is 27.4 Å². The molecule has 0 bridgehead atoms. The fraction of sp³-hybridized carbons (Fsp3) is 0.526. The number of aryl methyl sites for hydroxylation is 2. The summed E-state index contributed by atoms with van der Waals surface area (Å²) in [6.45, 7) is 1.92. The fourth-order valence-corrected chi connectivity index (χ4v) is 5.44. The largest absolute Gasteiger partial charge is 0.301 e. The Bertz CT molecular complexity index is 870. The van der Waals surface area contributed by atoms with Gasteiger partial charge in [0.2, 0.25) is 11.0 Å². The van der Waals surface area contributed by atoms with Gasteiger partial charge in [0.1, 0.15) is 5.01 Å².